The van der Waals surface area contributed by atoms with Gasteiger partial charge >= 0.3 is 0 Å². The zero-order chi connectivity index (χ0) is 20.8. The Morgan fingerprint density at radius 1 is 1.07 bits per heavy atom. The number of rotatable bonds is 7. The Hall–Kier alpha value is -3.52. The third kappa shape index (κ3) is 4.90. The predicted octanol–water partition coefficient (Wildman–Crippen LogP) is 3.62. The molecule has 1 aliphatic heterocycles. The van der Waals surface area contributed by atoms with Crippen molar-refractivity contribution in [3.05, 3.63) is 71.7 Å². The summed E-state index contributed by atoms with van der Waals surface area (Å²) in [5.74, 6) is 0.499. The number of nitrogens with one attached hydrogen (secondary N) is 2. The summed E-state index contributed by atoms with van der Waals surface area (Å²) < 4.78 is 18.4. The Bertz CT molecular complexity index is 989. The normalized spacial score (nSPS) is 13.7. The first kappa shape index (κ1) is 19.8. The third-order valence-corrected chi connectivity index (χ3v) is 4.82. The molecule has 2 aromatic carbocycles. The van der Waals surface area contributed by atoms with Gasteiger partial charge in [0.15, 0.2) is 6.29 Å². The van der Waals surface area contributed by atoms with Gasteiger partial charge < -0.3 is 20.3 Å². The van der Waals surface area contributed by atoms with Crippen molar-refractivity contribution in [1.82, 2.24) is 9.97 Å². The highest BCUT2D eigenvalue weighted by Crippen LogP contribution is 2.22. The van der Waals surface area contributed by atoms with Gasteiger partial charge in [-0.25, -0.2) is 9.37 Å². The molecule has 8 heteroatoms. The minimum Gasteiger partial charge on any atom is -0.378 e. The molecule has 0 aliphatic carbocycles. The van der Waals surface area contributed by atoms with Crippen LogP contribution in [-0.4, -0.2) is 42.6 Å². The van der Waals surface area contributed by atoms with E-state index >= 15 is 0 Å². The lowest BCUT2D eigenvalue weighted by atomic mass is 10.2. The van der Waals surface area contributed by atoms with Crippen LogP contribution in [0.4, 0.5) is 27.5 Å². The number of morpholine rings is 1. The molecular weight excluding hydrogens is 385 g/mol. The maximum Gasteiger partial charge on any atom is 0.229 e. The van der Waals surface area contributed by atoms with Crippen LogP contribution in [0.2, 0.25) is 0 Å². The average molecular weight is 407 g/mol. The smallest absolute Gasteiger partial charge is 0.229 e. The second kappa shape index (κ2) is 9.32. The van der Waals surface area contributed by atoms with Crippen LogP contribution in [0.25, 0.3) is 0 Å². The van der Waals surface area contributed by atoms with E-state index in [1.807, 2.05) is 24.3 Å². The third-order valence-electron chi connectivity index (χ3n) is 4.82. The number of aromatic nitrogens is 2. The molecule has 0 spiro atoms. The van der Waals surface area contributed by atoms with E-state index in [-0.39, 0.29) is 5.82 Å². The second-order valence-corrected chi connectivity index (χ2v) is 6.87. The topological polar surface area (TPSA) is 79.4 Å². The number of halogens is 1. The van der Waals surface area contributed by atoms with Crippen molar-refractivity contribution < 1.29 is 13.9 Å². The molecule has 0 saturated carbocycles. The van der Waals surface area contributed by atoms with Crippen LogP contribution < -0.4 is 15.5 Å². The highest BCUT2D eigenvalue weighted by molar-refractivity contribution is 5.82. The highest BCUT2D eigenvalue weighted by atomic mass is 19.1. The molecular formula is C22H22FN5O2. The molecule has 154 valence electrons. The van der Waals surface area contributed by atoms with Crippen LogP contribution in [0.15, 0.2) is 54.7 Å². The molecule has 7 nitrogen and oxygen atoms in total. The summed E-state index contributed by atoms with van der Waals surface area (Å²) in [4.78, 5) is 22.2. The maximum absolute atomic E-state index is 13.1. The Labute approximate surface area is 173 Å². The summed E-state index contributed by atoms with van der Waals surface area (Å²) in [6.45, 7) is 3.65. The van der Waals surface area contributed by atoms with Crippen LogP contribution in [-0.2, 0) is 11.3 Å². The summed E-state index contributed by atoms with van der Waals surface area (Å²) in [5, 5.41) is 6.28. The molecule has 3 aromatic rings. The zero-order valence-electron chi connectivity index (χ0n) is 16.3. The van der Waals surface area contributed by atoms with Gasteiger partial charge in [0.1, 0.15) is 11.6 Å². The lowest BCUT2D eigenvalue weighted by Crippen LogP contribution is -2.36. The molecule has 1 aliphatic rings. The number of carbonyl (C=O) groups excluding carboxylic acids is 1. The van der Waals surface area contributed by atoms with Crippen LogP contribution in [0.3, 0.4) is 0 Å². The van der Waals surface area contributed by atoms with Gasteiger partial charge in [-0.15, -0.1) is 0 Å². The van der Waals surface area contributed by atoms with E-state index in [1.165, 1.54) is 18.3 Å². The van der Waals surface area contributed by atoms with E-state index in [0.29, 0.717) is 30.2 Å². The number of hydrogen-bond donors (Lipinski definition) is 2. The predicted molar refractivity (Wildman–Crippen MR) is 114 cm³/mol. The van der Waals surface area contributed by atoms with Gasteiger partial charge in [0, 0.05) is 37.2 Å². The van der Waals surface area contributed by atoms with E-state index in [1.54, 1.807) is 12.1 Å². The second-order valence-electron chi connectivity index (χ2n) is 6.87. The highest BCUT2D eigenvalue weighted by Gasteiger charge is 2.11. The lowest BCUT2D eigenvalue weighted by molar-refractivity contribution is 0.112. The molecule has 0 unspecified atom stereocenters. The van der Waals surface area contributed by atoms with Crippen molar-refractivity contribution in [1.29, 1.82) is 0 Å². The van der Waals surface area contributed by atoms with Crippen molar-refractivity contribution >= 4 is 29.4 Å². The van der Waals surface area contributed by atoms with Crippen LogP contribution >= 0.6 is 0 Å². The monoisotopic (exact) mass is 407 g/mol. The minimum absolute atomic E-state index is 0.291. The van der Waals surface area contributed by atoms with Gasteiger partial charge in [-0.3, -0.25) is 4.79 Å². The Kier molecular flexibility index (Phi) is 6.14. The molecule has 0 bridgehead atoms. The van der Waals surface area contributed by atoms with Gasteiger partial charge in [-0.05, 0) is 42.0 Å². The quantitative estimate of drug-likeness (QED) is 0.579. The first-order valence-electron chi connectivity index (χ1n) is 9.71. The van der Waals surface area contributed by atoms with Gasteiger partial charge in [0.2, 0.25) is 5.95 Å². The molecule has 0 radical (unpaired) electrons. The zero-order valence-corrected chi connectivity index (χ0v) is 16.3. The number of anilines is 4. The molecule has 30 heavy (non-hydrogen) atoms. The van der Waals surface area contributed by atoms with E-state index in [2.05, 4.69) is 25.5 Å². The molecule has 4 rings (SSSR count). The van der Waals surface area contributed by atoms with Crippen molar-refractivity contribution in [2.24, 2.45) is 0 Å². The van der Waals surface area contributed by atoms with E-state index < -0.39 is 0 Å². The van der Waals surface area contributed by atoms with Gasteiger partial charge in [-0.1, -0.05) is 12.1 Å². The SMILES string of the molecule is O=Cc1cnc(Nc2ccc(N3CCOCC3)cc2)nc1NCc1ccc(F)cc1. The van der Waals surface area contributed by atoms with Gasteiger partial charge in [0.05, 0.1) is 18.8 Å². The standard InChI is InChI=1S/C22H22FN5O2/c23-18-3-1-16(2-4-18)13-24-21-17(15-29)14-25-22(27-21)26-19-5-7-20(8-6-19)28-9-11-30-12-10-28/h1-8,14-15H,9-13H2,(H2,24,25,26,27). The molecule has 2 N–H and O–H groups in total. The number of carbonyl (C=O) groups is 1. The van der Waals surface area contributed by atoms with Crippen molar-refractivity contribution in [2.75, 3.05) is 41.8 Å². The molecule has 0 atom stereocenters. The first-order valence-corrected chi connectivity index (χ1v) is 9.71. The largest absolute Gasteiger partial charge is 0.378 e. The number of hydrogen-bond acceptors (Lipinski definition) is 7. The summed E-state index contributed by atoms with van der Waals surface area (Å²) in [7, 11) is 0. The molecule has 0 amide bonds. The molecule has 2 heterocycles. The maximum atomic E-state index is 13.1. The summed E-state index contributed by atoms with van der Waals surface area (Å²) in [6, 6.07) is 14.2. The summed E-state index contributed by atoms with van der Waals surface area (Å²) in [6.07, 6.45) is 2.17. The number of aldehydes is 1. The Morgan fingerprint density at radius 3 is 2.50 bits per heavy atom. The Balaban J connectivity index is 1.44. The number of benzene rings is 2. The van der Waals surface area contributed by atoms with Crippen molar-refractivity contribution in [2.45, 2.75) is 6.54 Å². The summed E-state index contributed by atoms with van der Waals surface area (Å²) >= 11 is 0. The van der Waals surface area contributed by atoms with E-state index in [0.717, 1.165) is 43.2 Å². The Morgan fingerprint density at radius 2 is 1.80 bits per heavy atom. The van der Waals surface area contributed by atoms with Crippen LogP contribution in [0.5, 0.6) is 0 Å². The van der Waals surface area contributed by atoms with E-state index in [9.17, 15) is 9.18 Å². The van der Waals surface area contributed by atoms with Crippen LogP contribution in [0, 0.1) is 5.82 Å². The number of ether oxygens (including phenoxy) is 1. The average Bonchev–Trinajstić information content (AvgIpc) is 2.80. The van der Waals surface area contributed by atoms with E-state index in [4.69, 9.17) is 4.74 Å². The fraction of sp³-hybridized carbons (Fsp3) is 0.227. The molecule has 1 aromatic heterocycles. The van der Waals surface area contributed by atoms with Gasteiger partial charge in [0.25, 0.3) is 0 Å². The first-order chi connectivity index (χ1) is 14.7. The lowest BCUT2D eigenvalue weighted by Gasteiger charge is -2.28. The van der Waals surface area contributed by atoms with Crippen molar-refractivity contribution in [3.8, 4) is 0 Å². The molecule has 1 saturated heterocycles. The van der Waals surface area contributed by atoms with Crippen LogP contribution in [0.1, 0.15) is 15.9 Å². The molecule has 1 fully saturated rings. The number of nitrogens with zero attached hydrogens (tertiary/aromatic N) is 3. The summed E-state index contributed by atoms with van der Waals surface area (Å²) in [5.41, 5.74) is 3.21. The van der Waals surface area contributed by atoms with Gasteiger partial charge in [-0.2, -0.15) is 4.98 Å². The van der Waals surface area contributed by atoms with Crippen molar-refractivity contribution in [3.63, 3.8) is 0 Å². The minimum atomic E-state index is -0.291. The fourth-order valence-electron chi connectivity index (χ4n) is 3.17. The fourth-order valence-corrected chi connectivity index (χ4v) is 3.17.